The molecule has 0 saturated heterocycles. The lowest BCUT2D eigenvalue weighted by Crippen LogP contribution is -2.27. The number of anilines is 1. The number of carbonyl (C=O) groups excluding carboxylic acids is 2. The van der Waals surface area contributed by atoms with Crippen LogP contribution >= 0.6 is 23.2 Å². The number of imidazole rings is 1. The second-order valence-corrected chi connectivity index (χ2v) is 9.10. The quantitative estimate of drug-likeness (QED) is 0.325. The maximum atomic E-state index is 12.9. The highest BCUT2D eigenvalue weighted by atomic mass is 35.5. The van der Waals surface area contributed by atoms with Crippen LogP contribution in [0.1, 0.15) is 15.9 Å². The van der Waals surface area contributed by atoms with Crippen LogP contribution in [0.15, 0.2) is 54.7 Å². The van der Waals surface area contributed by atoms with E-state index in [1.807, 2.05) is 38.4 Å². The molecule has 2 aromatic carbocycles. The second-order valence-electron chi connectivity index (χ2n) is 8.25. The molecule has 0 spiro atoms. The molecular weight excluding hydrogens is 487 g/mol. The number of carbonyl (C=O) groups is 2. The van der Waals surface area contributed by atoms with Gasteiger partial charge in [0, 0.05) is 29.0 Å². The Labute approximate surface area is 212 Å². The lowest BCUT2D eigenvalue weighted by atomic mass is 10.1. The Hall–Kier alpha value is -3.46. The molecule has 0 fully saturated rings. The minimum atomic E-state index is -0.245. The first kappa shape index (κ1) is 24.7. The van der Waals surface area contributed by atoms with Crippen LogP contribution < -0.4 is 10.6 Å². The Morgan fingerprint density at radius 3 is 2.54 bits per heavy atom. The van der Waals surface area contributed by atoms with Crippen LogP contribution in [-0.2, 0) is 11.2 Å². The van der Waals surface area contributed by atoms with Gasteiger partial charge in [0.05, 0.1) is 17.1 Å². The van der Waals surface area contributed by atoms with Crippen LogP contribution in [0.5, 0.6) is 0 Å². The summed E-state index contributed by atoms with van der Waals surface area (Å²) in [5, 5.41) is 6.76. The first-order valence-corrected chi connectivity index (χ1v) is 11.7. The van der Waals surface area contributed by atoms with E-state index in [1.165, 1.54) is 0 Å². The number of nitrogens with zero attached hydrogens (tertiary/aromatic N) is 3. The molecule has 8 nitrogen and oxygen atoms in total. The average molecular weight is 511 g/mol. The Morgan fingerprint density at radius 2 is 1.83 bits per heavy atom. The SMILES string of the molecule is CN(C)CC(=O)Nc1ccc(CCNC(=O)c2ccnc3[nH]c(-c4ccc(Cl)cc4Cl)nc23)cc1. The Morgan fingerprint density at radius 1 is 1.06 bits per heavy atom. The molecule has 2 aromatic heterocycles. The van der Waals surface area contributed by atoms with Gasteiger partial charge in [-0.05, 0) is 62.5 Å². The van der Waals surface area contributed by atoms with E-state index in [9.17, 15) is 9.59 Å². The summed E-state index contributed by atoms with van der Waals surface area (Å²) in [6, 6.07) is 14.3. The summed E-state index contributed by atoms with van der Waals surface area (Å²) >= 11 is 12.3. The smallest absolute Gasteiger partial charge is 0.253 e. The predicted octanol–water partition coefficient (Wildman–Crippen LogP) is 4.40. The second kappa shape index (κ2) is 10.9. The number of rotatable bonds is 8. The molecule has 0 aliphatic heterocycles. The number of likely N-dealkylation sites (N-methyl/N-ethyl adjacent to an activating group) is 1. The standard InChI is InChI=1S/C25H24Cl2N6O2/c1-33(2)14-21(34)30-17-6-3-15(4-7-17)9-11-29-25(35)19-10-12-28-24-22(19)31-23(32-24)18-8-5-16(26)13-20(18)27/h3-8,10,12-13H,9,11,14H2,1-2H3,(H,29,35)(H,30,34)(H,28,31,32). The number of hydrogen-bond donors (Lipinski definition) is 3. The highest BCUT2D eigenvalue weighted by Crippen LogP contribution is 2.30. The van der Waals surface area contributed by atoms with Gasteiger partial charge in [-0.2, -0.15) is 0 Å². The summed E-state index contributed by atoms with van der Waals surface area (Å²) in [6.45, 7) is 0.759. The molecule has 180 valence electrons. The summed E-state index contributed by atoms with van der Waals surface area (Å²) in [5.41, 5.74) is 3.81. The predicted molar refractivity (Wildman–Crippen MR) is 139 cm³/mol. The van der Waals surface area contributed by atoms with Gasteiger partial charge in [0.25, 0.3) is 5.91 Å². The highest BCUT2D eigenvalue weighted by molar-refractivity contribution is 6.36. The summed E-state index contributed by atoms with van der Waals surface area (Å²) in [4.78, 5) is 38.5. The topological polar surface area (TPSA) is 103 Å². The fraction of sp³-hybridized carbons (Fsp3) is 0.200. The highest BCUT2D eigenvalue weighted by Gasteiger charge is 2.16. The van der Waals surface area contributed by atoms with Crippen molar-refractivity contribution in [3.63, 3.8) is 0 Å². The molecule has 10 heteroatoms. The van der Waals surface area contributed by atoms with E-state index in [2.05, 4.69) is 25.6 Å². The molecule has 0 aliphatic carbocycles. The molecule has 0 bridgehead atoms. The summed E-state index contributed by atoms with van der Waals surface area (Å²) in [7, 11) is 3.68. The number of aromatic amines is 1. The van der Waals surface area contributed by atoms with Crippen molar-refractivity contribution in [1.29, 1.82) is 0 Å². The minimum absolute atomic E-state index is 0.0708. The first-order chi connectivity index (χ1) is 16.8. The maximum Gasteiger partial charge on any atom is 0.253 e. The molecule has 0 aliphatic rings. The van der Waals surface area contributed by atoms with Crippen molar-refractivity contribution in [3.05, 3.63) is 75.9 Å². The molecule has 2 heterocycles. The number of H-pyrrole nitrogens is 1. The van der Waals surface area contributed by atoms with Gasteiger partial charge in [-0.1, -0.05) is 35.3 Å². The van der Waals surface area contributed by atoms with Gasteiger partial charge in [0.1, 0.15) is 11.3 Å². The Balaban J connectivity index is 1.39. The number of halogens is 2. The van der Waals surface area contributed by atoms with Crippen molar-refractivity contribution < 1.29 is 9.59 Å². The molecule has 0 unspecified atom stereocenters. The van der Waals surface area contributed by atoms with Crippen molar-refractivity contribution in [2.45, 2.75) is 6.42 Å². The van der Waals surface area contributed by atoms with Gasteiger partial charge in [-0.25, -0.2) is 9.97 Å². The summed E-state index contributed by atoms with van der Waals surface area (Å²) in [6.07, 6.45) is 2.20. The number of amides is 2. The molecule has 4 rings (SSSR count). The molecule has 0 saturated carbocycles. The van der Waals surface area contributed by atoms with Crippen molar-refractivity contribution in [2.24, 2.45) is 0 Å². The Kier molecular flexibility index (Phi) is 7.65. The number of aromatic nitrogens is 3. The van der Waals surface area contributed by atoms with E-state index in [1.54, 1.807) is 35.4 Å². The molecule has 2 amide bonds. The zero-order chi connectivity index (χ0) is 24.9. The van der Waals surface area contributed by atoms with Gasteiger partial charge < -0.3 is 20.5 Å². The molecule has 0 atom stereocenters. The minimum Gasteiger partial charge on any atom is -0.352 e. The maximum absolute atomic E-state index is 12.9. The average Bonchev–Trinajstić information content (AvgIpc) is 3.23. The largest absolute Gasteiger partial charge is 0.352 e. The number of pyridine rings is 1. The van der Waals surface area contributed by atoms with E-state index in [-0.39, 0.29) is 11.8 Å². The van der Waals surface area contributed by atoms with Crippen LogP contribution in [0.3, 0.4) is 0 Å². The number of hydrogen-bond acceptors (Lipinski definition) is 5. The fourth-order valence-corrected chi connectivity index (χ4v) is 4.06. The van der Waals surface area contributed by atoms with E-state index in [4.69, 9.17) is 23.2 Å². The van der Waals surface area contributed by atoms with Gasteiger partial charge in [0.2, 0.25) is 5.91 Å². The van der Waals surface area contributed by atoms with Crippen LogP contribution in [0.25, 0.3) is 22.6 Å². The van der Waals surface area contributed by atoms with Crippen molar-refractivity contribution >= 4 is 51.9 Å². The zero-order valence-corrected chi connectivity index (χ0v) is 20.7. The van der Waals surface area contributed by atoms with E-state index in [0.29, 0.717) is 57.7 Å². The third kappa shape index (κ3) is 6.16. The van der Waals surface area contributed by atoms with Gasteiger partial charge >= 0.3 is 0 Å². The third-order valence-corrected chi connectivity index (χ3v) is 5.76. The monoisotopic (exact) mass is 510 g/mol. The summed E-state index contributed by atoms with van der Waals surface area (Å²) in [5.74, 6) is 0.191. The van der Waals surface area contributed by atoms with E-state index in [0.717, 1.165) is 11.3 Å². The zero-order valence-electron chi connectivity index (χ0n) is 19.2. The number of fused-ring (bicyclic) bond motifs is 1. The van der Waals surface area contributed by atoms with Crippen molar-refractivity contribution in [2.75, 3.05) is 32.5 Å². The van der Waals surface area contributed by atoms with Crippen molar-refractivity contribution in [3.8, 4) is 11.4 Å². The first-order valence-electron chi connectivity index (χ1n) is 10.9. The summed E-state index contributed by atoms with van der Waals surface area (Å²) < 4.78 is 0. The van der Waals surface area contributed by atoms with E-state index < -0.39 is 0 Å². The van der Waals surface area contributed by atoms with Crippen molar-refractivity contribution in [1.82, 2.24) is 25.2 Å². The Bertz CT molecular complexity index is 1370. The van der Waals surface area contributed by atoms with Crippen LogP contribution in [0.2, 0.25) is 10.0 Å². The van der Waals surface area contributed by atoms with Crippen LogP contribution in [-0.4, -0.2) is 58.9 Å². The number of benzene rings is 2. The third-order valence-electron chi connectivity index (χ3n) is 5.21. The van der Waals surface area contributed by atoms with Gasteiger partial charge in [-0.3, -0.25) is 9.59 Å². The van der Waals surface area contributed by atoms with E-state index >= 15 is 0 Å². The molecule has 0 radical (unpaired) electrons. The lowest BCUT2D eigenvalue weighted by molar-refractivity contribution is -0.116. The molecule has 35 heavy (non-hydrogen) atoms. The molecular formula is C25H24Cl2N6O2. The van der Waals surface area contributed by atoms with Gasteiger partial charge in [0.15, 0.2) is 5.65 Å². The lowest BCUT2D eigenvalue weighted by Gasteiger charge is -2.10. The normalized spacial score (nSPS) is 11.1. The molecule has 4 aromatic rings. The fourth-order valence-electron chi connectivity index (χ4n) is 3.56. The molecule has 3 N–H and O–H groups in total. The van der Waals surface area contributed by atoms with Crippen LogP contribution in [0, 0.1) is 0 Å². The van der Waals surface area contributed by atoms with Crippen LogP contribution in [0.4, 0.5) is 5.69 Å². The van der Waals surface area contributed by atoms with Gasteiger partial charge in [-0.15, -0.1) is 0 Å². The number of nitrogens with one attached hydrogen (secondary N) is 3.